The summed E-state index contributed by atoms with van der Waals surface area (Å²) in [5.41, 5.74) is 1.19. The summed E-state index contributed by atoms with van der Waals surface area (Å²) >= 11 is 1.99. The SMILES string of the molecule is Cc1c(Nc2ccc(I)cc2F)c(NS(=O)(=O)C2(CC(O)CO)CC2)c2n(c1=O)CCC2. The standard InChI is InChI=1S/C21H25FIN3O5S/c1-12-18(24-16-5-4-13(23)9-15(16)22)19(17-3-2-8-26(17)20(12)29)25-32(30,31)21(6-7-21)10-14(28)11-27/h4-5,9,14,24-25,27-28H,2-3,6-8,10-11H2,1H3. The summed E-state index contributed by atoms with van der Waals surface area (Å²) < 4.78 is 45.0. The molecule has 4 N–H and O–H groups in total. The number of nitrogens with zero attached hydrogens (tertiary/aromatic N) is 1. The molecule has 32 heavy (non-hydrogen) atoms. The number of nitrogens with one attached hydrogen (secondary N) is 2. The lowest BCUT2D eigenvalue weighted by molar-refractivity contribution is 0.0858. The molecule has 0 amide bonds. The Morgan fingerprint density at radius 1 is 1.31 bits per heavy atom. The fraction of sp³-hybridized carbons (Fsp3) is 0.476. The topological polar surface area (TPSA) is 121 Å². The van der Waals surface area contributed by atoms with E-state index in [-0.39, 0.29) is 34.6 Å². The largest absolute Gasteiger partial charge is 0.394 e. The van der Waals surface area contributed by atoms with Gasteiger partial charge in [-0.1, -0.05) is 0 Å². The molecule has 0 spiro atoms. The first-order valence-corrected chi connectivity index (χ1v) is 12.9. The van der Waals surface area contributed by atoms with Crippen molar-refractivity contribution in [2.75, 3.05) is 16.6 Å². The number of fused-ring (bicyclic) bond motifs is 1. The van der Waals surface area contributed by atoms with Gasteiger partial charge in [-0.3, -0.25) is 9.52 Å². The summed E-state index contributed by atoms with van der Waals surface area (Å²) in [6.45, 7) is 1.54. The van der Waals surface area contributed by atoms with E-state index in [4.69, 9.17) is 0 Å². The zero-order valence-corrected chi connectivity index (χ0v) is 20.5. The van der Waals surface area contributed by atoms with Crippen LogP contribution in [0.2, 0.25) is 0 Å². The van der Waals surface area contributed by atoms with Crippen molar-refractivity contribution >= 4 is 49.7 Å². The van der Waals surface area contributed by atoms with Crippen LogP contribution in [0.5, 0.6) is 0 Å². The highest BCUT2D eigenvalue weighted by Gasteiger charge is 2.55. The Morgan fingerprint density at radius 2 is 2.03 bits per heavy atom. The van der Waals surface area contributed by atoms with Gasteiger partial charge in [-0.15, -0.1) is 0 Å². The van der Waals surface area contributed by atoms with E-state index in [2.05, 4.69) is 10.0 Å². The van der Waals surface area contributed by atoms with Gasteiger partial charge in [0.05, 0.1) is 34.5 Å². The van der Waals surface area contributed by atoms with Crippen molar-refractivity contribution in [2.45, 2.75) is 56.4 Å². The van der Waals surface area contributed by atoms with Gasteiger partial charge in [0.2, 0.25) is 10.0 Å². The van der Waals surface area contributed by atoms with Crippen molar-refractivity contribution in [3.8, 4) is 0 Å². The molecule has 0 saturated heterocycles. The van der Waals surface area contributed by atoms with Crippen molar-refractivity contribution in [3.63, 3.8) is 0 Å². The molecule has 174 valence electrons. The van der Waals surface area contributed by atoms with E-state index in [1.54, 1.807) is 23.6 Å². The second-order valence-electron chi connectivity index (χ2n) is 8.46. The second kappa shape index (κ2) is 8.58. The summed E-state index contributed by atoms with van der Waals surface area (Å²) in [4.78, 5) is 12.9. The van der Waals surface area contributed by atoms with E-state index in [0.717, 1.165) is 0 Å². The second-order valence-corrected chi connectivity index (χ2v) is 11.8. The number of hydrogen-bond donors (Lipinski definition) is 4. The van der Waals surface area contributed by atoms with Gasteiger partial charge in [-0.2, -0.15) is 0 Å². The zero-order valence-electron chi connectivity index (χ0n) is 17.5. The van der Waals surface area contributed by atoms with Crippen LogP contribution in [0.4, 0.5) is 21.5 Å². The normalized spacial score (nSPS) is 17.7. The van der Waals surface area contributed by atoms with E-state index >= 15 is 0 Å². The summed E-state index contributed by atoms with van der Waals surface area (Å²) in [6, 6.07) is 4.60. The molecule has 1 atom stereocenters. The Morgan fingerprint density at radius 3 is 2.66 bits per heavy atom. The molecular weight excluding hydrogens is 552 g/mol. The highest BCUT2D eigenvalue weighted by atomic mass is 127. The first kappa shape index (κ1) is 23.5. The number of pyridine rings is 1. The molecule has 1 aliphatic heterocycles. The van der Waals surface area contributed by atoms with Gasteiger partial charge >= 0.3 is 0 Å². The Balaban J connectivity index is 1.80. The van der Waals surface area contributed by atoms with E-state index in [0.29, 0.717) is 41.5 Å². The van der Waals surface area contributed by atoms with Crippen molar-refractivity contribution in [1.29, 1.82) is 0 Å². The molecule has 0 radical (unpaired) electrons. The van der Waals surface area contributed by atoms with Crippen LogP contribution in [0, 0.1) is 16.3 Å². The maximum atomic E-state index is 14.6. The van der Waals surface area contributed by atoms with Gasteiger partial charge in [-0.25, -0.2) is 12.8 Å². The van der Waals surface area contributed by atoms with Crippen LogP contribution in [0.3, 0.4) is 0 Å². The molecule has 2 heterocycles. The first-order valence-electron chi connectivity index (χ1n) is 10.4. The van der Waals surface area contributed by atoms with Crippen LogP contribution < -0.4 is 15.6 Å². The van der Waals surface area contributed by atoms with Crippen LogP contribution in [0.1, 0.15) is 36.9 Å². The van der Waals surface area contributed by atoms with Gasteiger partial charge in [0.25, 0.3) is 5.56 Å². The third-order valence-corrected chi connectivity index (χ3v) is 9.08. The molecule has 1 saturated carbocycles. The van der Waals surface area contributed by atoms with Gasteiger partial charge in [0.15, 0.2) is 0 Å². The molecule has 4 rings (SSSR count). The third-order valence-electron chi connectivity index (χ3n) is 6.22. The Bertz CT molecular complexity index is 1230. The number of anilines is 3. The maximum absolute atomic E-state index is 14.6. The van der Waals surface area contributed by atoms with Gasteiger partial charge in [0.1, 0.15) is 5.82 Å². The lowest BCUT2D eigenvalue weighted by Crippen LogP contribution is -2.35. The zero-order chi connectivity index (χ0) is 23.3. The average molecular weight is 577 g/mol. The minimum Gasteiger partial charge on any atom is -0.394 e. The number of aliphatic hydroxyl groups is 2. The predicted octanol–water partition coefficient (Wildman–Crippen LogP) is 2.61. The highest BCUT2D eigenvalue weighted by molar-refractivity contribution is 14.1. The summed E-state index contributed by atoms with van der Waals surface area (Å²) in [6.07, 6.45) is 0.701. The summed E-state index contributed by atoms with van der Waals surface area (Å²) in [5, 5.41) is 22.0. The number of sulfonamides is 1. The molecule has 11 heteroatoms. The van der Waals surface area contributed by atoms with E-state index in [1.165, 1.54) is 6.07 Å². The average Bonchev–Trinajstić information content (AvgIpc) is 3.36. The van der Waals surface area contributed by atoms with E-state index < -0.39 is 33.3 Å². The fourth-order valence-corrected chi connectivity index (χ4v) is 6.46. The number of rotatable bonds is 8. The molecule has 1 aromatic heterocycles. The van der Waals surface area contributed by atoms with Gasteiger partial charge in [0, 0.05) is 21.4 Å². The highest BCUT2D eigenvalue weighted by Crippen LogP contribution is 2.49. The third kappa shape index (κ3) is 4.15. The molecule has 8 nitrogen and oxygen atoms in total. The van der Waals surface area contributed by atoms with Crippen LogP contribution in [0.25, 0.3) is 0 Å². The molecule has 2 aromatic rings. The Hall–Kier alpha value is -1.70. The van der Waals surface area contributed by atoms with E-state index in [1.807, 2.05) is 22.6 Å². The number of hydrogen-bond acceptors (Lipinski definition) is 6. The molecule has 1 unspecified atom stereocenters. The number of benzene rings is 1. The van der Waals surface area contributed by atoms with Crippen molar-refractivity contribution < 1.29 is 23.0 Å². The first-order chi connectivity index (χ1) is 15.1. The maximum Gasteiger partial charge on any atom is 0.255 e. The predicted molar refractivity (Wildman–Crippen MR) is 128 cm³/mol. The van der Waals surface area contributed by atoms with E-state index in [9.17, 15) is 27.8 Å². The number of aromatic nitrogens is 1. The quantitative estimate of drug-likeness (QED) is 0.358. The molecule has 1 aromatic carbocycles. The monoisotopic (exact) mass is 577 g/mol. The van der Waals surface area contributed by atoms with Crippen LogP contribution in [-0.4, -0.2) is 40.7 Å². The van der Waals surface area contributed by atoms with Crippen molar-refractivity contribution in [2.24, 2.45) is 0 Å². The minimum absolute atomic E-state index is 0.0820. The van der Waals surface area contributed by atoms with Crippen LogP contribution >= 0.6 is 22.6 Å². The fourth-order valence-electron chi connectivity index (χ4n) is 4.25. The molecule has 1 fully saturated rings. The van der Waals surface area contributed by atoms with Crippen LogP contribution in [-0.2, 0) is 23.0 Å². The van der Waals surface area contributed by atoms with Gasteiger partial charge < -0.3 is 20.1 Å². The van der Waals surface area contributed by atoms with Gasteiger partial charge in [-0.05, 0) is 79.8 Å². The number of aliphatic hydroxyl groups excluding tert-OH is 2. The van der Waals surface area contributed by atoms with Crippen LogP contribution in [0.15, 0.2) is 23.0 Å². The number of halogens is 2. The smallest absolute Gasteiger partial charge is 0.255 e. The molecule has 1 aliphatic carbocycles. The molecular formula is C21H25FIN3O5S. The summed E-state index contributed by atoms with van der Waals surface area (Å²) in [7, 11) is -3.96. The molecule has 2 aliphatic rings. The Kier molecular flexibility index (Phi) is 6.29. The minimum atomic E-state index is -3.96. The molecule has 0 bridgehead atoms. The summed E-state index contributed by atoms with van der Waals surface area (Å²) in [5.74, 6) is -0.518. The lowest BCUT2D eigenvalue weighted by atomic mass is 10.1. The van der Waals surface area contributed by atoms with Crippen molar-refractivity contribution in [3.05, 3.63) is 49.2 Å². The lowest BCUT2D eigenvalue weighted by Gasteiger charge is -2.24. The Labute approximate surface area is 199 Å². The van der Waals surface area contributed by atoms with Crippen molar-refractivity contribution in [1.82, 2.24) is 4.57 Å².